The summed E-state index contributed by atoms with van der Waals surface area (Å²) in [6.07, 6.45) is 7.38. The summed E-state index contributed by atoms with van der Waals surface area (Å²) in [4.78, 5) is 14.1. The third-order valence-electron chi connectivity index (χ3n) is 3.33. The van der Waals surface area contributed by atoms with Crippen LogP contribution in [0.1, 0.15) is 24.8 Å². The van der Waals surface area contributed by atoms with E-state index in [-0.39, 0.29) is 11.9 Å². The summed E-state index contributed by atoms with van der Waals surface area (Å²) in [6.45, 7) is 1.42. The van der Waals surface area contributed by atoms with E-state index < -0.39 is 0 Å². The molecule has 5 heteroatoms. The van der Waals surface area contributed by atoms with Crippen molar-refractivity contribution in [1.82, 2.24) is 14.7 Å². The zero-order chi connectivity index (χ0) is 12.3. The molecule has 0 saturated carbocycles. The number of nitrogens with two attached hydrogens (primary N) is 1. The van der Waals surface area contributed by atoms with E-state index in [4.69, 9.17) is 5.73 Å². The van der Waals surface area contributed by atoms with E-state index in [2.05, 4.69) is 5.10 Å². The third kappa shape index (κ3) is 2.85. The zero-order valence-corrected chi connectivity index (χ0v) is 10.3. The van der Waals surface area contributed by atoms with E-state index in [1.807, 2.05) is 18.1 Å². The molecular formula is C12H20N4O. The number of hydrogen-bond acceptors (Lipinski definition) is 3. The summed E-state index contributed by atoms with van der Waals surface area (Å²) in [7, 11) is 1.86. The van der Waals surface area contributed by atoms with E-state index >= 15 is 0 Å². The molecule has 1 fully saturated rings. The number of aromatic nitrogens is 2. The molecule has 0 aliphatic carbocycles. The van der Waals surface area contributed by atoms with Crippen LogP contribution in [-0.4, -0.2) is 39.7 Å². The van der Waals surface area contributed by atoms with Crippen molar-refractivity contribution in [3.05, 3.63) is 18.0 Å². The first-order chi connectivity index (χ1) is 8.20. The summed E-state index contributed by atoms with van der Waals surface area (Å²) in [5, 5.41) is 4.08. The Hall–Kier alpha value is -1.36. The Balaban J connectivity index is 1.98. The predicted octanol–water partition coefficient (Wildman–Crippen LogP) is 0.302. The van der Waals surface area contributed by atoms with Gasteiger partial charge in [-0.25, -0.2) is 0 Å². The van der Waals surface area contributed by atoms with Gasteiger partial charge < -0.3 is 10.6 Å². The van der Waals surface area contributed by atoms with Crippen LogP contribution in [0, 0.1) is 0 Å². The van der Waals surface area contributed by atoms with Gasteiger partial charge >= 0.3 is 0 Å². The zero-order valence-electron chi connectivity index (χ0n) is 10.3. The number of rotatable bonds is 3. The molecule has 0 spiro atoms. The van der Waals surface area contributed by atoms with Crippen LogP contribution in [0.25, 0.3) is 0 Å². The molecule has 1 aliphatic heterocycles. The van der Waals surface area contributed by atoms with E-state index in [9.17, 15) is 4.79 Å². The summed E-state index contributed by atoms with van der Waals surface area (Å²) in [5.41, 5.74) is 6.69. The number of likely N-dealkylation sites (tertiary alicyclic amines) is 1. The van der Waals surface area contributed by atoms with Crippen LogP contribution < -0.4 is 5.73 Å². The van der Waals surface area contributed by atoms with Gasteiger partial charge in [-0.05, 0) is 24.8 Å². The van der Waals surface area contributed by atoms with Crippen LogP contribution in [0.4, 0.5) is 0 Å². The van der Waals surface area contributed by atoms with Crippen molar-refractivity contribution < 1.29 is 4.79 Å². The van der Waals surface area contributed by atoms with Gasteiger partial charge in [0.05, 0.1) is 12.6 Å². The monoisotopic (exact) mass is 236 g/mol. The maximum Gasteiger partial charge on any atom is 0.227 e. The van der Waals surface area contributed by atoms with Gasteiger partial charge in [-0.15, -0.1) is 0 Å². The molecule has 1 saturated heterocycles. The summed E-state index contributed by atoms with van der Waals surface area (Å²) >= 11 is 0. The molecule has 17 heavy (non-hydrogen) atoms. The molecule has 1 aromatic heterocycles. The molecule has 1 atom stereocenters. The molecule has 0 unspecified atom stereocenters. The van der Waals surface area contributed by atoms with Crippen LogP contribution in [0.2, 0.25) is 0 Å². The summed E-state index contributed by atoms with van der Waals surface area (Å²) in [5.74, 6) is 0.174. The minimum absolute atomic E-state index is 0.174. The van der Waals surface area contributed by atoms with Crippen molar-refractivity contribution in [3.63, 3.8) is 0 Å². The normalized spacial score (nSPS) is 20.6. The number of carbonyl (C=O) groups excluding carboxylic acids is 1. The first-order valence-corrected chi connectivity index (χ1v) is 6.17. The van der Waals surface area contributed by atoms with E-state index in [1.54, 1.807) is 10.9 Å². The van der Waals surface area contributed by atoms with Crippen molar-refractivity contribution >= 4 is 5.91 Å². The fraction of sp³-hybridized carbons (Fsp3) is 0.667. The summed E-state index contributed by atoms with van der Waals surface area (Å²) < 4.78 is 1.72. The van der Waals surface area contributed by atoms with E-state index in [0.717, 1.165) is 24.9 Å². The van der Waals surface area contributed by atoms with Crippen molar-refractivity contribution in [1.29, 1.82) is 0 Å². The van der Waals surface area contributed by atoms with Gasteiger partial charge in [0.2, 0.25) is 5.91 Å². The molecule has 0 bridgehead atoms. The molecule has 2 heterocycles. The SMILES string of the molecule is Cn1cc(CC(=O)N2CCCC[C@H]2CN)cn1. The first kappa shape index (κ1) is 12.1. The molecule has 0 radical (unpaired) electrons. The number of nitrogens with zero attached hydrogens (tertiary/aromatic N) is 3. The van der Waals surface area contributed by atoms with Gasteiger partial charge in [0, 0.05) is 32.4 Å². The highest BCUT2D eigenvalue weighted by molar-refractivity contribution is 5.79. The molecule has 0 aromatic carbocycles. The maximum atomic E-state index is 12.2. The second kappa shape index (κ2) is 5.31. The molecular weight excluding hydrogens is 216 g/mol. The fourth-order valence-corrected chi connectivity index (χ4v) is 2.41. The Morgan fingerprint density at radius 2 is 2.41 bits per heavy atom. The second-order valence-corrected chi connectivity index (χ2v) is 4.67. The van der Waals surface area contributed by atoms with Gasteiger partial charge in [-0.2, -0.15) is 5.10 Å². The Bertz CT molecular complexity index is 388. The number of piperidine rings is 1. The highest BCUT2D eigenvalue weighted by Gasteiger charge is 2.25. The Labute approximate surface area is 102 Å². The highest BCUT2D eigenvalue weighted by atomic mass is 16.2. The Kier molecular flexibility index (Phi) is 3.78. The van der Waals surface area contributed by atoms with Crippen LogP contribution in [-0.2, 0) is 18.3 Å². The smallest absolute Gasteiger partial charge is 0.227 e. The lowest BCUT2D eigenvalue weighted by Crippen LogP contribution is -2.48. The van der Waals surface area contributed by atoms with Crippen LogP contribution in [0.15, 0.2) is 12.4 Å². The Morgan fingerprint density at radius 1 is 1.59 bits per heavy atom. The molecule has 1 amide bonds. The van der Waals surface area contributed by atoms with Crippen molar-refractivity contribution in [2.24, 2.45) is 12.8 Å². The van der Waals surface area contributed by atoms with Crippen LogP contribution >= 0.6 is 0 Å². The number of carbonyl (C=O) groups is 1. The maximum absolute atomic E-state index is 12.2. The van der Waals surface area contributed by atoms with Gasteiger partial charge in [0.25, 0.3) is 0 Å². The molecule has 5 nitrogen and oxygen atoms in total. The predicted molar refractivity (Wildman–Crippen MR) is 65.3 cm³/mol. The second-order valence-electron chi connectivity index (χ2n) is 4.67. The van der Waals surface area contributed by atoms with Gasteiger partial charge in [0.1, 0.15) is 0 Å². The average molecular weight is 236 g/mol. The molecule has 2 N–H and O–H groups in total. The van der Waals surface area contributed by atoms with Crippen molar-refractivity contribution in [2.45, 2.75) is 31.7 Å². The van der Waals surface area contributed by atoms with Crippen LogP contribution in [0.3, 0.4) is 0 Å². The summed E-state index contributed by atoms with van der Waals surface area (Å²) in [6, 6.07) is 0.230. The van der Waals surface area contributed by atoms with Gasteiger partial charge in [0.15, 0.2) is 0 Å². The number of hydrogen-bond donors (Lipinski definition) is 1. The largest absolute Gasteiger partial charge is 0.338 e. The third-order valence-corrected chi connectivity index (χ3v) is 3.33. The average Bonchev–Trinajstić information content (AvgIpc) is 2.74. The lowest BCUT2D eigenvalue weighted by molar-refractivity contribution is -0.133. The van der Waals surface area contributed by atoms with Gasteiger partial charge in [-0.3, -0.25) is 9.48 Å². The highest BCUT2D eigenvalue weighted by Crippen LogP contribution is 2.17. The first-order valence-electron chi connectivity index (χ1n) is 6.17. The lowest BCUT2D eigenvalue weighted by atomic mass is 10.0. The van der Waals surface area contributed by atoms with E-state index in [1.165, 1.54) is 6.42 Å². The van der Waals surface area contributed by atoms with E-state index in [0.29, 0.717) is 13.0 Å². The number of aryl methyl sites for hydroxylation is 1. The van der Waals surface area contributed by atoms with Gasteiger partial charge in [-0.1, -0.05) is 0 Å². The molecule has 94 valence electrons. The van der Waals surface area contributed by atoms with Crippen molar-refractivity contribution in [2.75, 3.05) is 13.1 Å². The molecule has 2 rings (SSSR count). The topological polar surface area (TPSA) is 64.2 Å². The lowest BCUT2D eigenvalue weighted by Gasteiger charge is -2.35. The van der Waals surface area contributed by atoms with Crippen molar-refractivity contribution in [3.8, 4) is 0 Å². The molecule has 1 aliphatic rings. The fourth-order valence-electron chi connectivity index (χ4n) is 2.41. The minimum atomic E-state index is 0.174. The molecule has 1 aromatic rings. The van der Waals surface area contributed by atoms with Crippen LogP contribution in [0.5, 0.6) is 0 Å². The standard InChI is InChI=1S/C12H20N4O/c1-15-9-10(8-14-15)6-12(17)16-5-3-2-4-11(16)7-13/h8-9,11H,2-7,13H2,1H3/t11-/m0/s1. The minimum Gasteiger partial charge on any atom is -0.338 e. The number of amides is 1. The quantitative estimate of drug-likeness (QED) is 0.821. The Morgan fingerprint density at radius 3 is 3.06 bits per heavy atom.